The molecule has 0 aromatic heterocycles. The van der Waals surface area contributed by atoms with Crippen molar-refractivity contribution in [1.82, 2.24) is 0 Å². The Morgan fingerprint density at radius 3 is 2.49 bits per heavy atom. The Balaban J connectivity index is 1.66. The third-order valence-corrected chi connectivity index (χ3v) is 8.53. The van der Waals surface area contributed by atoms with E-state index in [4.69, 9.17) is 27.9 Å². The third kappa shape index (κ3) is 5.30. The van der Waals surface area contributed by atoms with E-state index in [1.54, 1.807) is 24.3 Å². The molecule has 1 aliphatic rings. The Labute approximate surface area is 215 Å². The van der Waals surface area contributed by atoms with Gasteiger partial charge in [-0.15, -0.1) is 0 Å². The number of anilines is 1. The van der Waals surface area contributed by atoms with Gasteiger partial charge in [0.25, 0.3) is 5.91 Å². The molecule has 0 saturated carbocycles. The summed E-state index contributed by atoms with van der Waals surface area (Å²) in [6.07, 6.45) is 1.49. The van der Waals surface area contributed by atoms with Gasteiger partial charge in [-0.2, -0.15) is 0 Å². The van der Waals surface area contributed by atoms with E-state index in [2.05, 4.69) is 5.32 Å². The first kappa shape index (κ1) is 25.1. The first-order chi connectivity index (χ1) is 16.6. The second-order valence-electron chi connectivity index (χ2n) is 7.37. The molecule has 4 rings (SSSR count). The molecule has 0 aliphatic carbocycles. The maximum atomic E-state index is 13.1. The van der Waals surface area contributed by atoms with Gasteiger partial charge in [0.2, 0.25) is 0 Å². The lowest BCUT2D eigenvalue weighted by Gasteiger charge is -2.19. The second kappa shape index (κ2) is 9.90. The smallest absolute Gasteiger partial charge is 0.311 e. The van der Waals surface area contributed by atoms with Gasteiger partial charge in [0.15, 0.2) is 15.6 Å². The fraction of sp³-hybridized carbons (Fsp3) is 0.0870. The average Bonchev–Trinajstić information content (AvgIpc) is 2.81. The topological polar surface area (TPSA) is 116 Å². The van der Waals surface area contributed by atoms with Crippen molar-refractivity contribution in [3.63, 3.8) is 0 Å². The number of carbonyl (C=O) groups excluding carboxylic acids is 1. The van der Waals surface area contributed by atoms with Crippen LogP contribution in [0.25, 0.3) is 6.08 Å². The number of nitrogens with one attached hydrogen (secondary N) is 1. The molecule has 0 saturated heterocycles. The first-order valence-electron chi connectivity index (χ1n) is 9.92. The van der Waals surface area contributed by atoms with Crippen molar-refractivity contribution in [1.29, 1.82) is 0 Å². The summed E-state index contributed by atoms with van der Waals surface area (Å²) in [5, 5.41) is 14.5. The lowest BCUT2D eigenvalue weighted by molar-refractivity contribution is -0.385. The van der Waals surface area contributed by atoms with Crippen LogP contribution >= 0.6 is 35.0 Å². The number of carbonyl (C=O) groups is 1. The van der Waals surface area contributed by atoms with E-state index in [-0.39, 0.29) is 37.0 Å². The molecule has 3 aromatic rings. The summed E-state index contributed by atoms with van der Waals surface area (Å²) in [6, 6.07) is 13.5. The molecule has 1 N–H and O–H groups in total. The summed E-state index contributed by atoms with van der Waals surface area (Å²) in [4.78, 5) is 24.1. The van der Waals surface area contributed by atoms with Crippen molar-refractivity contribution >= 4 is 68.2 Å². The summed E-state index contributed by atoms with van der Waals surface area (Å²) in [5.74, 6) is -0.712. The van der Waals surface area contributed by atoms with Gasteiger partial charge in [0, 0.05) is 26.6 Å². The molecule has 0 spiro atoms. The number of nitrogens with zero attached hydrogens (tertiary/aromatic N) is 1. The highest BCUT2D eigenvalue weighted by molar-refractivity contribution is 8.04. The zero-order valence-corrected chi connectivity index (χ0v) is 21.1. The summed E-state index contributed by atoms with van der Waals surface area (Å²) in [5.41, 5.74) is 0.926. The largest absolute Gasteiger partial charge is 0.490 e. The highest BCUT2D eigenvalue weighted by atomic mass is 35.5. The predicted molar refractivity (Wildman–Crippen MR) is 136 cm³/mol. The zero-order valence-electron chi connectivity index (χ0n) is 17.9. The number of methoxy groups -OCH3 is 1. The Bertz CT molecular complexity index is 1490. The number of amides is 1. The Morgan fingerprint density at radius 1 is 1.11 bits per heavy atom. The molecule has 0 radical (unpaired) electrons. The molecule has 8 nitrogen and oxygen atoms in total. The van der Waals surface area contributed by atoms with Crippen LogP contribution in [-0.4, -0.2) is 26.4 Å². The highest BCUT2D eigenvalue weighted by Gasteiger charge is 2.26. The number of ether oxygens (including phenoxy) is 1. The van der Waals surface area contributed by atoms with E-state index in [0.717, 1.165) is 11.8 Å². The molecule has 3 aromatic carbocycles. The standard InChI is InChI=1S/C23H16Cl2N2O6S2/c1-33-20-8-5-13(9-19(20)27(29)30)10-22-23(28)26-18-7-6-14(11-21(18)34-22)35(31,32)12-15-16(24)3-2-4-17(15)25/h2-11H,12H2,1H3,(H,26,28). The maximum absolute atomic E-state index is 13.1. The number of nitro groups is 1. The maximum Gasteiger partial charge on any atom is 0.311 e. The minimum atomic E-state index is -3.81. The fourth-order valence-electron chi connectivity index (χ4n) is 3.36. The number of benzene rings is 3. The highest BCUT2D eigenvalue weighted by Crippen LogP contribution is 2.41. The average molecular weight is 551 g/mol. The van der Waals surface area contributed by atoms with Gasteiger partial charge in [-0.05, 0) is 48.0 Å². The van der Waals surface area contributed by atoms with Crippen molar-refractivity contribution in [3.05, 3.63) is 90.8 Å². The molecule has 180 valence electrons. The molecule has 0 fully saturated rings. The molecule has 12 heteroatoms. The van der Waals surface area contributed by atoms with Crippen molar-refractivity contribution in [2.75, 3.05) is 12.4 Å². The van der Waals surface area contributed by atoms with Crippen LogP contribution in [0.3, 0.4) is 0 Å². The fourth-order valence-corrected chi connectivity index (χ4v) is 6.55. The van der Waals surface area contributed by atoms with E-state index in [0.29, 0.717) is 21.7 Å². The first-order valence-corrected chi connectivity index (χ1v) is 13.1. The Hall–Kier alpha value is -3.05. The van der Waals surface area contributed by atoms with Gasteiger partial charge < -0.3 is 10.1 Å². The minimum Gasteiger partial charge on any atom is -0.490 e. The molecule has 1 amide bonds. The van der Waals surface area contributed by atoms with Crippen LogP contribution in [-0.2, 0) is 20.4 Å². The van der Waals surface area contributed by atoms with Gasteiger partial charge >= 0.3 is 5.69 Å². The summed E-state index contributed by atoms with van der Waals surface area (Å²) in [7, 11) is -2.48. The van der Waals surface area contributed by atoms with E-state index in [9.17, 15) is 23.3 Å². The SMILES string of the molecule is COc1ccc(C=C2Sc3cc(S(=O)(=O)Cc4c(Cl)cccc4Cl)ccc3NC2=O)cc1[N+](=O)[O-]. The second-order valence-corrected chi connectivity index (χ2v) is 11.3. The number of halogens is 2. The number of nitro benzene ring substituents is 1. The summed E-state index contributed by atoms with van der Waals surface area (Å²) >= 11 is 13.3. The van der Waals surface area contributed by atoms with Gasteiger partial charge in [0.05, 0.1) is 33.3 Å². The third-order valence-electron chi connectivity index (χ3n) is 5.10. The van der Waals surface area contributed by atoms with Crippen LogP contribution < -0.4 is 10.1 Å². The van der Waals surface area contributed by atoms with E-state index >= 15 is 0 Å². The van der Waals surface area contributed by atoms with E-state index in [1.807, 2.05) is 0 Å². The number of hydrogen-bond donors (Lipinski definition) is 1. The van der Waals surface area contributed by atoms with Gasteiger partial charge in [-0.25, -0.2) is 8.42 Å². The molecular formula is C23H16Cl2N2O6S2. The molecular weight excluding hydrogens is 535 g/mol. The number of thioether (sulfide) groups is 1. The van der Waals surface area contributed by atoms with Crippen LogP contribution in [0.4, 0.5) is 11.4 Å². The van der Waals surface area contributed by atoms with Crippen LogP contribution in [0.15, 0.2) is 69.3 Å². The van der Waals surface area contributed by atoms with Crippen molar-refractivity contribution in [3.8, 4) is 5.75 Å². The summed E-state index contributed by atoms with van der Waals surface area (Å²) < 4.78 is 31.2. The van der Waals surface area contributed by atoms with Crippen LogP contribution in [0.5, 0.6) is 5.75 Å². The van der Waals surface area contributed by atoms with Crippen LogP contribution in [0, 0.1) is 10.1 Å². The molecule has 1 heterocycles. The predicted octanol–water partition coefficient (Wildman–Crippen LogP) is 5.97. The molecule has 0 unspecified atom stereocenters. The van der Waals surface area contributed by atoms with Crippen molar-refractivity contribution in [2.45, 2.75) is 15.5 Å². The number of hydrogen-bond acceptors (Lipinski definition) is 7. The lowest BCUT2D eigenvalue weighted by atomic mass is 10.1. The van der Waals surface area contributed by atoms with Crippen molar-refractivity contribution < 1.29 is 22.9 Å². The molecule has 35 heavy (non-hydrogen) atoms. The lowest BCUT2D eigenvalue weighted by Crippen LogP contribution is -2.17. The normalized spacial score (nSPS) is 14.4. The minimum absolute atomic E-state index is 0.0373. The monoisotopic (exact) mass is 550 g/mol. The van der Waals surface area contributed by atoms with Gasteiger partial charge in [-0.1, -0.05) is 47.1 Å². The number of fused-ring (bicyclic) bond motifs is 1. The summed E-state index contributed by atoms with van der Waals surface area (Å²) in [6.45, 7) is 0. The molecule has 0 atom stereocenters. The van der Waals surface area contributed by atoms with Crippen LogP contribution in [0.2, 0.25) is 10.0 Å². The Morgan fingerprint density at radius 2 is 1.83 bits per heavy atom. The van der Waals surface area contributed by atoms with E-state index < -0.39 is 20.7 Å². The molecule has 1 aliphatic heterocycles. The number of sulfone groups is 1. The van der Waals surface area contributed by atoms with E-state index in [1.165, 1.54) is 43.5 Å². The van der Waals surface area contributed by atoms with Crippen molar-refractivity contribution in [2.24, 2.45) is 0 Å². The van der Waals surface area contributed by atoms with Gasteiger partial charge in [0.1, 0.15) is 0 Å². The van der Waals surface area contributed by atoms with Gasteiger partial charge in [-0.3, -0.25) is 14.9 Å². The molecule has 0 bridgehead atoms. The number of rotatable bonds is 6. The zero-order chi connectivity index (χ0) is 25.3. The van der Waals surface area contributed by atoms with Crippen LogP contribution in [0.1, 0.15) is 11.1 Å². The Kier molecular flexibility index (Phi) is 7.09. The quantitative estimate of drug-likeness (QED) is 0.228.